The lowest BCUT2D eigenvalue weighted by Crippen LogP contribution is -2.55. The maximum absolute atomic E-state index is 2.60. The highest BCUT2D eigenvalue weighted by Crippen LogP contribution is 2.70. The van der Waals surface area contributed by atoms with E-state index in [0.717, 1.165) is 30.4 Å². The van der Waals surface area contributed by atoms with E-state index in [-0.39, 0.29) is 5.41 Å². The van der Waals surface area contributed by atoms with Gasteiger partial charge in [0.15, 0.2) is 0 Å². The Balaban J connectivity index is 0.872. The Hall–Kier alpha value is -8.52. The zero-order valence-corrected chi connectivity index (χ0v) is 43.9. The Morgan fingerprint density at radius 2 is 0.821 bits per heavy atom. The van der Waals surface area contributed by atoms with Gasteiger partial charge in [0.2, 0.25) is 0 Å². The summed E-state index contributed by atoms with van der Waals surface area (Å²) in [5.41, 5.74) is 27.6. The van der Waals surface area contributed by atoms with E-state index in [0.29, 0.717) is 11.8 Å². The monoisotopic (exact) mass is 997 g/mol. The molecular formula is C77H59N. The minimum atomic E-state index is -0.538. The lowest BCUT2D eigenvalue weighted by molar-refractivity contribution is -0.0399. The van der Waals surface area contributed by atoms with E-state index in [2.05, 4.69) is 254 Å². The van der Waals surface area contributed by atoms with Crippen molar-refractivity contribution in [2.45, 2.75) is 55.8 Å². The third-order valence-electron chi connectivity index (χ3n) is 20.2. The Morgan fingerprint density at radius 1 is 0.295 bits per heavy atom. The zero-order valence-electron chi connectivity index (χ0n) is 43.9. The zero-order chi connectivity index (χ0) is 51.1. The molecule has 4 bridgehead atoms. The summed E-state index contributed by atoms with van der Waals surface area (Å²) >= 11 is 0. The third-order valence-corrected chi connectivity index (χ3v) is 20.2. The Labute approximate surface area is 458 Å². The average Bonchev–Trinajstić information content (AvgIpc) is 3.53. The number of nitrogens with zero attached hydrogens (tertiary/aromatic N) is 1. The second-order valence-electron chi connectivity index (χ2n) is 23.9. The maximum Gasteiger partial charge on any atom is 0.0719 e. The quantitative estimate of drug-likeness (QED) is 0.160. The van der Waals surface area contributed by atoms with Crippen molar-refractivity contribution in [2.24, 2.45) is 23.7 Å². The second kappa shape index (κ2) is 17.0. The summed E-state index contributed by atoms with van der Waals surface area (Å²) in [5, 5.41) is 2.57. The largest absolute Gasteiger partial charge is 0.310 e. The molecule has 1 atom stereocenters. The predicted molar refractivity (Wildman–Crippen MR) is 323 cm³/mol. The molecule has 0 radical (unpaired) electrons. The summed E-state index contributed by atoms with van der Waals surface area (Å²) in [7, 11) is 0. The third kappa shape index (κ3) is 6.31. The molecule has 78 heavy (non-hydrogen) atoms. The molecule has 1 nitrogen and oxygen atoms in total. The number of hydrogen-bond acceptors (Lipinski definition) is 1. The Bertz CT molecular complexity index is 4200. The van der Waals surface area contributed by atoms with E-state index >= 15 is 0 Å². The fraction of sp³-hybridized carbons (Fsp3) is 0.169. The van der Waals surface area contributed by atoms with Crippen molar-refractivity contribution in [3.8, 4) is 55.6 Å². The Morgan fingerprint density at radius 3 is 1.63 bits per heavy atom. The summed E-state index contributed by atoms with van der Waals surface area (Å²) in [4.78, 5) is 2.58. The number of rotatable bonds is 6. The standard InChI is InChI=1S/C77H59N/c1-2-14-51(15-3-1)55-19-12-20-56(45-55)52-30-33-61(34-31-52)78(62-36-39-74-69(47-62)67-23-8-10-26-72(67)76(74)59-41-49-40-50(43-59)44-60(76)42-49)63-35-37-68-66-22-7-11-27-73(66)77(75(68)48-63)70-25-9-5-17-54(70)28-29-58-46-57(32-38-71(58)77)65-24-13-18-53-16-4-6-21-64(53)65/h1-27,30-39,45-50,59-60H,28-29,40-44H2. The van der Waals surface area contributed by atoms with Crippen molar-refractivity contribution in [3.63, 3.8) is 0 Å². The normalized spacial score (nSPS) is 22.4. The molecule has 11 aromatic rings. The van der Waals surface area contributed by atoms with E-state index in [4.69, 9.17) is 0 Å². The molecule has 0 aromatic heterocycles. The highest BCUT2D eigenvalue weighted by Gasteiger charge is 2.61. The molecule has 11 aromatic carbocycles. The molecule has 372 valence electrons. The number of anilines is 3. The van der Waals surface area contributed by atoms with Gasteiger partial charge in [-0.15, -0.1) is 0 Å². The van der Waals surface area contributed by atoms with Crippen LogP contribution >= 0.6 is 0 Å². The van der Waals surface area contributed by atoms with Crippen molar-refractivity contribution >= 4 is 27.8 Å². The molecule has 0 N–H and O–H groups in total. The van der Waals surface area contributed by atoms with E-state index in [1.807, 2.05) is 0 Å². The van der Waals surface area contributed by atoms with Gasteiger partial charge >= 0.3 is 0 Å². The molecule has 4 fully saturated rings. The SMILES string of the molecule is c1ccc(-c2cccc(-c3ccc(N(c4ccc5c(c4)-c4ccccc4C54C5CC6CC(C5)CC4C6)c4ccc5c(c4)C4(c6ccccc6CCc6cc(-c7cccc8ccccc78)ccc64)c4ccccc4-5)cc3)c2)cc1. The highest BCUT2D eigenvalue weighted by atomic mass is 15.1. The summed E-state index contributed by atoms with van der Waals surface area (Å²) in [6.07, 6.45) is 8.93. The number of hydrogen-bond donors (Lipinski definition) is 0. The molecule has 0 aliphatic heterocycles. The van der Waals surface area contributed by atoms with Gasteiger partial charge in [-0.25, -0.2) is 0 Å². The molecule has 4 saturated carbocycles. The van der Waals surface area contributed by atoms with Crippen LogP contribution in [0.1, 0.15) is 76.6 Å². The topological polar surface area (TPSA) is 3.24 Å². The van der Waals surface area contributed by atoms with E-state index in [1.165, 1.54) is 143 Å². The van der Waals surface area contributed by atoms with Crippen LogP contribution in [-0.4, -0.2) is 0 Å². The molecule has 7 aliphatic rings. The summed E-state index contributed by atoms with van der Waals surface area (Å²) in [5.74, 6) is 3.24. The van der Waals surface area contributed by atoms with Crippen LogP contribution in [0.3, 0.4) is 0 Å². The van der Waals surface area contributed by atoms with Crippen LogP contribution in [0.25, 0.3) is 66.4 Å². The van der Waals surface area contributed by atoms with Gasteiger partial charge in [0.1, 0.15) is 0 Å². The molecule has 18 rings (SSSR count). The fourth-order valence-electron chi connectivity index (χ4n) is 17.4. The number of benzene rings is 11. The minimum Gasteiger partial charge on any atom is -0.310 e. The van der Waals surface area contributed by atoms with Crippen LogP contribution in [0.5, 0.6) is 0 Å². The summed E-state index contributed by atoms with van der Waals surface area (Å²) in [6.45, 7) is 0. The van der Waals surface area contributed by atoms with E-state index < -0.39 is 5.41 Å². The van der Waals surface area contributed by atoms with Gasteiger partial charge in [0.05, 0.1) is 5.41 Å². The van der Waals surface area contributed by atoms with Crippen molar-refractivity contribution in [1.29, 1.82) is 0 Å². The van der Waals surface area contributed by atoms with Gasteiger partial charge < -0.3 is 4.90 Å². The molecule has 1 heteroatoms. The average molecular weight is 998 g/mol. The molecular weight excluding hydrogens is 939 g/mol. The fourth-order valence-corrected chi connectivity index (χ4v) is 17.4. The molecule has 1 unspecified atom stereocenters. The van der Waals surface area contributed by atoms with Crippen molar-refractivity contribution < 1.29 is 0 Å². The number of aryl methyl sites for hydroxylation is 2. The molecule has 0 saturated heterocycles. The minimum absolute atomic E-state index is 0.109. The van der Waals surface area contributed by atoms with Crippen LogP contribution in [0, 0.1) is 23.7 Å². The van der Waals surface area contributed by atoms with Gasteiger partial charge in [-0.05, 0) is 222 Å². The first-order valence-corrected chi connectivity index (χ1v) is 28.9. The molecule has 0 heterocycles. The highest BCUT2D eigenvalue weighted by molar-refractivity contribution is 5.98. The van der Waals surface area contributed by atoms with E-state index in [1.54, 1.807) is 11.1 Å². The van der Waals surface area contributed by atoms with Gasteiger partial charge in [0.25, 0.3) is 0 Å². The van der Waals surface area contributed by atoms with Crippen LogP contribution in [-0.2, 0) is 23.7 Å². The molecule has 2 spiro atoms. The first-order chi connectivity index (χ1) is 38.6. The van der Waals surface area contributed by atoms with Gasteiger partial charge in [-0.1, -0.05) is 206 Å². The van der Waals surface area contributed by atoms with Crippen molar-refractivity contribution in [1.82, 2.24) is 0 Å². The Kier molecular flexibility index (Phi) is 9.71. The van der Waals surface area contributed by atoms with Crippen LogP contribution in [0.15, 0.2) is 249 Å². The maximum atomic E-state index is 2.60. The van der Waals surface area contributed by atoms with Crippen LogP contribution in [0.4, 0.5) is 17.1 Å². The summed E-state index contributed by atoms with van der Waals surface area (Å²) in [6, 6.07) is 95.7. The molecule has 0 amide bonds. The second-order valence-corrected chi connectivity index (χ2v) is 23.9. The lowest BCUT2D eigenvalue weighted by Gasteiger charge is -2.61. The smallest absolute Gasteiger partial charge is 0.0719 e. The van der Waals surface area contributed by atoms with Crippen LogP contribution < -0.4 is 4.90 Å². The molecule has 7 aliphatic carbocycles. The predicted octanol–water partition coefficient (Wildman–Crippen LogP) is 19.5. The lowest BCUT2D eigenvalue weighted by atomic mass is 9.43. The van der Waals surface area contributed by atoms with Crippen LogP contribution in [0.2, 0.25) is 0 Å². The van der Waals surface area contributed by atoms with Crippen molar-refractivity contribution in [2.75, 3.05) is 4.90 Å². The van der Waals surface area contributed by atoms with Gasteiger partial charge in [0, 0.05) is 22.5 Å². The van der Waals surface area contributed by atoms with Gasteiger partial charge in [-0.3, -0.25) is 0 Å². The van der Waals surface area contributed by atoms with Gasteiger partial charge in [-0.2, -0.15) is 0 Å². The summed E-state index contributed by atoms with van der Waals surface area (Å²) < 4.78 is 0. The van der Waals surface area contributed by atoms with Crippen molar-refractivity contribution in [3.05, 3.63) is 293 Å². The number of fused-ring (bicyclic) bond motifs is 13. The first-order valence-electron chi connectivity index (χ1n) is 28.9. The van der Waals surface area contributed by atoms with E-state index in [9.17, 15) is 0 Å². The first kappa shape index (κ1) is 44.6.